The van der Waals surface area contributed by atoms with Gasteiger partial charge in [0.1, 0.15) is 5.00 Å². The van der Waals surface area contributed by atoms with Crippen molar-refractivity contribution in [1.29, 1.82) is 0 Å². The molecule has 0 aliphatic heterocycles. The Morgan fingerprint density at radius 1 is 1.41 bits per heavy atom. The second kappa shape index (κ2) is 4.87. The predicted octanol–water partition coefficient (Wildman–Crippen LogP) is 2.37. The molecule has 1 aliphatic rings. The van der Waals surface area contributed by atoms with Crippen LogP contribution in [0.2, 0.25) is 0 Å². The van der Waals surface area contributed by atoms with E-state index in [9.17, 15) is 9.59 Å². The molecular formula is C12H15NO3S. The van der Waals surface area contributed by atoms with E-state index in [-0.39, 0.29) is 11.9 Å². The van der Waals surface area contributed by atoms with Gasteiger partial charge in [0.15, 0.2) is 0 Å². The average Bonchev–Trinajstić information content (AvgIpc) is 2.87. The minimum atomic E-state index is -0.351. The maximum atomic E-state index is 11.8. The summed E-state index contributed by atoms with van der Waals surface area (Å²) in [6.45, 7) is 1.79. The van der Waals surface area contributed by atoms with Crippen molar-refractivity contribution >= 4 is 28.2 Å². The van der Waals surface area contributed by atoms with Gasteiger partial charge in [-0.25, -0.2) is 4.79 Å². The molecule has 0 atom stereocenters. The molecular weight excluding hydrogens is 238 g/mol. The van der Waals surface area contributed by atoms with E-state index in [1.54, 1.807) is 6.92 Å². The Morgan fingerprint density at radius 2 is 2.18 bits per heavy atom. The number of ether oxygens (including phenoxy) is 1. The van der Waals surface area contributed by atoms with Crippen LogP contribution >= 0.6 is 11.3 Å². The lowest BCUT2D eigenvalue weighted by molar-refractivity contribution is -0.115. The summed E-state index contributed by atoms with van der Waals surface area (Å²) in [5.74, 6) is -0.425. The number of fused-ring (bicyclic) bond motifs is 1. The standard InChI is InChI=1S/C12H15NO3S/c1-3-9(14)13-11-10(12(15)16-2)7-5-4-6-8(7)17-11/h3-6H2,1-2H3,(H,13,14). The molecule has 0 spiro atoms. The molecule has 1 aromatic rings. The highest BCUT2D eigenvalue weighted by molar-refractivity contribution is 7.17. The van der Waals surface area contributed by atoms with E-state index in [1.807, 2.05) is 0 Å². The molecule has 17 heavy (non-hydrogen) atoms. The normalized spacial score (nSPS) is 13.3. The third kappa shape index (κ3) is 2.20. The molecule has 0 radical (unpaired) electrons. The lowest BCUT2D eigenvalue weighted by atomic mass is 10.1. The minimum absolute atomic E-state index is 0.0740. The molecule has 2 rings (SSSR count). The monoisotopic (exact) mass is 253 g/mol. The second-order valence-electron chi connectivity index (χ2n) is 3.95. The van der Waals surface area contributed by atoms with Gasteiger partial charge in [-0.05, 0) is 24.8 Å². The van der Waals surface area contributed by atoms with Gasteiger partial charge >= 0.3 is 5.97 Å². The Bertz CT molecular complexity index is 465. The van der Waals surface area contributed by atoms with E-state index in [0.29, 0.717) is 17.0 Å². The molecule has 1 N–H and O–H groups in total. The molecule has 4 nitrogen and oxygen atoms in total. The first-order chi connectivity index (χ1) is 8.17. The number of methoxy groups -OCH3 is 1. The predicted molar refractivity (Wildman–Crippen MR) is 66.6 cm³/mol. The van der Waals surface area contributed by atoms with Crippen molar-refractivity contribution in [3.8, 4) is 0 Å². The van der Waals surface area contributed by atoms with Crippen LogP contribution in [0.5, 0.6) is 0 Å². The van der Waals surface area contributed by atoms with E-state index in [0.717, 1.165) is 24.8 Å². The number of nitrogens with one attached hydrogen (secondary N) is 1. The van der Waals surface area contributed by atoms with Gasteiger partial charge in [-0.15, -0.1) is 11.3 Å². The molecule has 92 valence electrons. The van der Waals surface area contributed by atoms with Crippen molar-refractivity contribution in [3.63, 3.8) is 0 Å². The summed E-state index contributed by atoms with van der Waals surface area (Å²) >= 11 is 1.50. The lowest BCUT2D eigenvalue weighted by Crippen LogP contribution is -2.13. The first kappa shape index (κ1) is 12.1. The molecule has 0 unspecified atom stereocenters. The van der Waals surface area contributed by atoms with Gasteiger partial charge in [-0.3, -0.25) is 4.79 Å². The van der Waals surface area contributed by atoms with Gasteiger partial charge in [0.2, 0.25) is 5.91 Å². The highest BCUT2D eigenvalue weighted by Crippen LogP contribution is 2.39. The number of rotatable bonds is 3. The zero-order chi connectivity index (χ0) is 12.4. The summed E-state index contributed by atoms with van der Waals surface area (Å²) in [5, 5.41) is 3.43. The second-order valence-corrected chi connectivity index (χ2v) is 5.06. The van der Waals surface area contributed by atoms with Crippen molar-refractivity contribution in [1.82, 2.24) is 0 Å². The van der Waals surface area contributed by atoms with E-state index >= 15 is 0 Å². The van der Waals surface area contributed by atoms with Crippen molar-refractivity contribution in [2.75, 3.05) is 12.4 Å². The molecule has 0 fully saturated rings. The van der Waals surface area contributed by atoms with E-state index in [1.165, 1.54) is 23.3 Å². The average molecular weight is 253 g/mol. The van der Waals surface area contributed by atoms with E-state index in [4.69, 9.17) is 4.74 Å². The Labute approximate surface area is 104 Å². The Hall–Kier alpha value is -1.36. The summed E-state index contributed by atoms with van der Waals surface area (Å²) in [7, 11) is 1.37. The van der Waals surface area contributed by atoms with Crippen LogP contribution in [0.15, 0.2) is 0 Å². The third-order valence-corrected chi connectivity index (χ3v) is 4.09. The van der Waals surface area contributed by atoms with Gasteiger partial charge in [-0.2, -0.15) is 0 Å². The Kier molecular flexibility index (Phi) is 3.47. The molecule has 0 aromatic carbocycles. The lowest BCUT2D eigenvalue weighted by Gasteiger charge is -2.05. The van der Waals surface area contributed by atoms with Crippen LogP contribution in [-0.2, 0) is 22.4 Å². The summed E-state index contributed by atoms with van der Waals surface area (Å²) in [6, 6.07) is 0. The number of esters is 1. The van der Waals surface area contributed by atoms with Crippen LogP contribution in [0.25, 0.3) is 0 Å². The van der Waals surface area contributed by atoms with Gasteiger partial charge < -0.3 is 10.1 Å². The molecule has 1 amide bonds. The largest absolute Gasteiger partial charge is 0.465 e. The number of hydrogen-bond acceptors (Lipinski definition) is 4. The van der Waals surface area contributed by atoms with Crippen LogP contribution < -0.4 is 5.32 Å². The molecule has 5 heteroatoms. The maximum Gasteiger partial charge on any atom is 0.341 e. The van der Waals surface area contributed by atoms with Crippen molar-refractivity contribution < 1.29 is 14.3 Å². The van der Waals surface area contributed by atoms with E-state index < -0.39 is 0 Å². The van der Waals surface area contributed by atoms with Crippen LogP contribution in [0, 0.1) is 0 Å². The topological polar surface area (TPSA) is 55.4 Å². The number of hydrogen-bond donors (Lipinski definition) is 1. The number of carbonyl (C=O) groups is 2. The molecule has 0 bridgehead atoms. The summed E-state index contributed by atoms with van der Waals surface area (Å²) in [4.78, 5) is 24.4. The summed E-state index contributed by atoms with van der Waals surface area (Å²) in [6.07, 6.45) is 3.38. The molecule has 1 aliphatic carbocycles. The van der Waals surface area contributed by atoms with Gasteiger partial charge in [0, 0.05) is 11.3 Å². The van der Waals surface area contributed by atoms with Crippen LogP contribution in [-0.4, -0.2) is 19.0 Å². The molecule has 0 saturated heterocycles. The number of aryl methyl sites for hydroxylation is 1. The van der Waals surface area contributed by atoms with Gasteiger partial charge in [0.25, 0.3) is 0 Å². The maximum absolute atomic E-state index is 11.8. The number of anilines is 1. The summed E-state index contributed by atoms with van der Waals surface area (Å²) in [5.41, 5.74) is 1.63. The van der Waals surface area contributed by atoms with Crippen molar-refractivity contribution in [3.05, 3.63) is 16.0 Å². The van der Waals surface area contributed by atoms with Gasteiger partial charge in [-0.1, -0.05) is 6.92 Å². The summed E-state index contributed by atoms with van der Waals surface area (Å²) < 4.78 is 4.79. The first-order valence-corrected chi connectivity index (χ1v) is 6.51. The smallest absolute Gasteiger partial charge is 0.341 e. The quantitative estimate of drug-likeness (QED) is 0.841. The highest BCUT2D eigenvalue weighted by Gasteiger charge is 2.27. The Morgan fingerprint density at radius 3 is 2.82 bits per heavy atom. The first-order valence-electron chi connectivity index (χ1n) is 5.70. The molecule has 1 aromatic heterocycles. The molecule has 1 heterocycles. The Balaban J connectivity index is 2.38. The zero-order valence-electron chi connectivity index (χ0n) is 9.96. The fraction of sp³-hybridized carbons (Fsp3) is 0.500. The fourth-order valence-electron chi connectivity index (χ4n) is 2.03. The van der Waals surface area contributed by atoms with Gasteiger partial charge in [0.05, 0.1) is 12.7 Å². The zero-order valence-corrected chi connectivity index (χ0v) is 10.8. The number of carbonyl (C=O) groups excluding carboxylic acids is 2. The third-order valence-electron chi connectivity index (χ3n) is 2.88. The van der Waals surface area contributed by atoms with Crippen molar-refractivity contribution in [2.45, 2.75) is 32.6 Å². The minimum Gasteiger partial charge on any atom is -0.465 e. The van der Waals surface area contributed by atoms with Crippen LogP contribution in [0.4, 0.5) is 5.00 Å². The number of thiophene rings is 1. The van der Waals surface area contributed by atoms with Crippen LogP contribution in [0.1, 0.15) is 40.6 Å². The number of amides is 1. The van der Waals surface area contributed by atoms with E-state index in [2.05, 4.69) is 5.32 Å². The van der Waals surface area contributed by atoms with Crippen LogP contribution in [0.3, 0.4) is 0 Å². The SMILES string of the molecule is CCC(=O)Nc1sc2c(c1C(=O)OC)CCC2. The highest BCUT2D eigenvalue weighted by atomic mass is 32.1. The fourth-order valence-corrected chi connectivity index (χ4v) is 3.32. The molecule has 0 saturated carbocycles. The van der Waals surface area contributed by atoms with Crippen molar-refractivity contribution in [2.24, 2.45) is 0 Å².